The number of amides is 1. The molecule has 1 amide bonds. The third-order valence-corrected chi connectivity index (χ3v) is 6.11. The SMILES string of the molecule is CCC(=O)N1CCc2cc(S(=O)(=O)N(C)c3ccccc3)ccc21. The molecule has 3 rings (SSSR count). The maximum atomic E-state index is 12.8. The average molecular weight is 344 g/mol. The van der Waals surface area contributed by atoms with Gasteiger partial charge in [-0.15, -0.1) is 0 Å². The van der Waals surface area contributed by atoms with Gasteiger partial charge in [-0.25, -0.2) is 8.42 Å². The van der Waals surface area contributed by atoms with Gasteiger partial charge in [0.15, 0.2) is 0 Å². The summed E-state index contributed by atoms with van der Waals surface area (Å²) in [5.41, 5.74) is 2.34. The predicted molar refractivity (Wildman–Crippen MR) is 94.8 cm³/mol. The summed E-state index contributed by atoms with van der Waals surface area (Å²) in [5, 5.41) is 0. The second-order valence-electron chi connectivity index (χ2n) is 5.75. The van der Waals surface area contributed by atoms with Gasteiger partial charge in [0.2, 0.25) is 5.91 Å². The summed E-state index contributed by atoms with van der Waals surface area (Å²) in [4.78, 5) is 13.9. The Morgan fingerprint density at radius 3 is 2.54 bits per heavy atom. The van der Waals surface area contributed by atoms with Gasteiger partial charge in [-0.05, 0) is 42.3 Å². The Morgan fingerprint density at radius 1 is 1.17 bits per heavy atom. The normalized spacial score (nSPS) is 13.7. The van der Waals surface area contributed by atoms with E-state index in [1.54, 1.807) is 54.4 Å². The number of nitrogens with zero attached hydrogens (tertiary/aromatic N) is 2. The zero-order chi connectivity index (χ0) is 17.3. The molecule has 1 aliphatic rings. The van der Waals surface area contributed by atoms with Crippen molar-refractivity contribution in [3.8, 4) is 0 Å². The van der Waals surface area contributed by atoms with Crippen LogP contribution in [0.25, 0.3) is 0 Å². The van der Waals surface area contributed by atoms with E-state index in [1.165, 1.54) is 4.31 Å². The largest absolute Gasteiger partial charge is 0.312 e. The summed E-state index contributed by atoms with van der Waals surface area (Å²) in [5.74, 6) is 0.0609. The number of anilines is 2. The summed E-state index contributed by atoms with van der Waals surface area (Å²) >= 11 is 0. The van der Waals surface area contributed by atoms with Crippen LogP contribution in [0.3, 0.4) is 0 Å². The van der Waals surface area contributed by atoms with Crippen molar-refractivity contribution in [2.24, 2.45) is 0 Å². The quantitative estimate of drug-likeness (QED) is 0.857. The molecule has 5 nitrogen and oxygen atoms in total. The Morgan fingerprint density at radius 2 is 1.88 bits per heavy atom. The van der Waals surface area contributed by atoms with Gasteiger partial charge in [-0.1, -0.05) is 25.1 Å². The Bertz CT molecular complexity index is 863. The van der Waals surface area contributed by atoms with E-state index in [1.807, 2.05) is 13.0 Å². The molecule has 0 unspecified atom stereocenters. The third-order valence-electron chi connectivity index (χ3n) is 4.33. The molecule has 0 saturated heterocycles. The lowest BCUT2D eigenvalue weighted by atomic mass is 10.2. The molecule has 2 aromatic carbocycles. The lowest BCUT2D eigenvalue weighted by Crippen LogP contribution is -2.28. The molecule has 0 aliphatic carbocycles. The molecule has 1 aliphatic heterocycles. The summed E-state index contributed by atoms with van der Waals surface area (Å²) in [6.07, 6.45) is 1.12. The summed E-state index contributed by atoms with van der Waals surface area (Å²) < 4.78 is 27.0. The van der Waals surface area contributed by atoms with Gasteiger partial charge in [0, 0.05) is 25.7 Å². The first-order valence-corrected chi connectivity index (χ1v) is 9.36. The van der Waals surface area contributed by atoms with E-state index in [2.05, 4.69) is 0 Å². The monoisotopic (exact) mass is 344 g/mol. The second kappa shape index (κ2) is 6.28. The topological polar surface area (TPSA) is 57.7 Å². The fourth-order valence-electron chi connectivity index (χ4n) is 2.92. The lowest BCUT2D eigenvalue weighted by molar-refractivity contribution is -0.118. The van der Waals surface area contributed by atoms with Crippen LogP contribution in [-0.2, 0) is 21.2 Å². The van der Waals surface area contributed by atoms with Crippen LogP contribution in [0.2, 0.25) is 0 Å². The number of carbonyl (C=O) groups is 1. The van der Waals surface area contributed by atoms with Crippen LogP contribution in [0.15, 0.2) is 53.4 Å². The Labute approximate surface area is 142 Å². The molecule has 0 spiro atoms. The van der Waals surface area contributed by atoms with E-state index in [-0.39, 0.29) is 10.8 Å². The van der Waals surface area contributed by atoms with Crippen LogP contribution in [0.4, 0.5) is 11.4 Å². The van der Waals surface area contributed by atoms with Crippen molar-refractivity contribution in [3.05, 3.63) is 54.1 Å². The molecule has 0 N–H and O–H groups in total. The molecule has 2 aromatic rings. The van der Waals surface area contributed by atoms with Gasteiger partial charge in [0.25, 0.3) is 10.0 Å². The van der Waals surface area contributed by atoms with Gasteiger partial charge in [-0.3, -0.25) is 9.10 Å². The molecular weight excluding hydrogens is 324 g/mol. The van der Waals surface area contributed by atoms with Gasteiger partial charge in [0.05, 0.1) is 10.6 Å². The molecule has 0 atom stereocenters. The minimum Gasteiger partial charge on any atom is -0.312 e. The van der Waals surface area contributed by atoms with E-state index in [9.17, 15) is 13.2 Å². The number of para-hydroxylation sites is 1. The minimum absolute atomic E-state index is 0.0609. The van der Waals surface area contributed by atoms with Crippen molar-refractivity contribution in [3.63, 3.8) is 0 Å². The van der Waals surface area contributed by atoms with Crippen LogP contribution in [0.1, 0.15) is 18.9 Å². The van der Waals surface area contributed by atoms with Crippen molar-refractivity contribution >= 4 is 27.3 Å². The molecule has 0 fully saturated rings. The highest BCUT2D eigenvalue weighted by molar-refractivity contribution is 7.92. The smallest absolute Gasteiger partial charge is 0.264 e. The Balaban J connectivity index is 1.95. The lowest BCUT2D eigenvalue weighted by Gasteiger charge is -2.20. The summed E-state index contributed by atoms with van der Waals surface area (Å²) in [6.45, 7) is 2.44. The van der Waals surface area contributed by atoms with Crippen LogP contribution >= 0.6 is 0 Å². The average Bonchev–Trinajstić information content (AvgIpc) is 3.04. The number of fused-ring (bicyclic) bond motifs is 1. The fraction of sp³-hybridized carbons (Fsp3) is 0.278. The van der Waals surface area contributed by atoms with Crippen molar-refractivity contribution < 1.29 is 13.2 Å². The molecule has 0 bridgehead atoms. The van der Waals surface area contributed by atoms with Crippen LogP contribution in [0, 0.1) is 0 Å². The zero-order valence-corrected chi connectivity index (χ0v) is 14.6. The van der Waals surface area contributed by atoms with E-state index in [0.29, 0.717) is 25.1 Å². The van der Waals surface area contributed by atoms with Gasteiger partial charge >= 0.3 is 0 Å². The molecular formula is C18H20N2O3S. The zero-order valence-electron chi connectivity index (χ0n) is 13.8. The number of hydrogen-bond acceptors (Lipinski definition) is 3. The number of benzene rings is 2. The van der Waals surface area contributed by atoms with E-state index in [0.717, 1.165) is 11.3 Å². The first-order chi connectivity index (χ1) is 11.4. The molecule has 1 heterocycles. The Kier molecular flexibility index (Phi) is 4.32. The van der Waals surface area contributed by atoms with Crippen molar-refractivity contribution in [1.82, 2.24) is 0 Å². The number of rotatable bonds is 4. The van der Waals surface area contributed by atoms with Crippen molar-refractivity contribution in [1.29, 1.82) is 0 Å². The number of carbonyl (C=O) groups excluding carboxylic acids is 1. The van der Waals surface area contributed by atoms with Gasteiger partial charge in [-0.2, -0.15) is 0 Å². The van der Waals surface area contributed by atoms with Crippen molar-refractivity contribution in [2.75, 3.05) is 22.8 Å². The Hall–Kier alpha value is -2.34. The van der Waals surface area contributed by atoms with Crippen LogP contribution < -0.4 is 9.21 Å². The molecule has 6 heteroatoms. The third kappa shape index (κ3) is 2.78. The minimum atomic E-state index is -3.63. The van der Waals surface area contributed by atoms with E-state index < -0.39 is 10.0 Å². The molecule has 0 saturated carbocycles. The first-order valence-electron chi connectivity index (χ1n) is 7.92. The number of hydrogen-bond donors (Lipinski definition) is 0. The fourth-order valence-corrected chi connectivity index (χ4v) is 4.17. The van der Waals surface area contributed by atoms with Gasteiger partial charge in [0.1, 0.15) is 0 Å². The van der Waals surface area contributed by atoms with Crippen molar-refractivity contribution in [2.45, 2.75) is 24.7 Å². The maximum Gasteiger partial charge on any atom is 0.264 e. The van der Waals surface area contributed by atoms with E-state index >= 15 is 0 Å². The first kappa shape index (κ1) is 16.5. The summed E-state index contributed by atoms with van der Waals surface area (Å²) in [6, 6.07) is 14.0. The second-order valence-corrected chi connectivity index (χ2v) is 7.72. The maximum absolute atomic E-state index is 12.8. The van der Waals surface area contributed by atoms with Gasteiger partial charge < -0.3 is 4.90 Å². The molecule has 126 valence electrons. The molecule has 0 aromatic heterocycles. The molecule has 24 heavy (non-hydrogen) atoms. The predicted octanol–water partition coefficient (Wildman–Crippen LogP) is 2.81. The highest BCUT2D eigenvalue weighted by Gasteiger charge is 2.27. The molecule has 0 radical (unpaired) electrons. The van der Waals surface area contributed by atoms with E-state index in [4.69, 9.17) is 0 Å². The highest BCUT2D eigenvalue weighted by Crippen LogP contribution is 2.32. The number of sulfonamides is 1. The van der Waals surface area contributed by atoms with Crippen LogP contribution in [-0.4, -0.2) is 27.9 Å². The summed E-state index contributed by atoms with van der Waals surface area (Å²) in [7, 11) is -2.08. The highest BCUT2D eigenvalue weighted by atomic mass is 32.2. The standard InChI is InChI=1S/C18H20N2O3S/c1-3-18(21)20-12-11-14-13-16(9-10-17(14)20)24(22,23)19(2)15-7-5-4-6-8-15/h4-10,13H,3,11-12H2,1-2H3. The van der Waals surface area contributed by atoms with Crippen LogP contribution in [0.5, 0.6) is 0 Å².